The predicted octanol–water partition coefficient (Wildman–Crippen LogP) is 1.44. The Balaban J connectivity index is 2.58. The molecule has 0 spiro atoms. The standard InChI is InChI=1S/C9H7BrN2O3/c10-5-1-4(8(13)9(14)15)2-6-7(5)12-3-11-6/h1-3,8,13H,(H,11,12)(H,14,15). The molecule has 0 fully saturated rings. The van der Waals surface area contributed by atoms with Crippen molar-refractivity contribution in [2.75, 3.05) is 0 Å². The topological polar surface area (TPSA) is 86.2 Å². The number of nitrogens with one attached hydrogen (secondary N) is 1. The highest BCUT2D eigenvalue weighted by molar-refractivity contribution is 9.10. The van der Waals surface area contributed by atoms with Crippen LogP contribution in [0.25, 0.3) is 11.0 Å². The van der Waals surface area contributed by atoms with E-state index in [2.05, 4.69) is 25.9 Å². The van der Waals surface area contributed by atoms with Crippen molar-refractivity contribution in [1.82, 2.24) is 9.97 Å². The highest BCUT2D eigenvalue weighted by Gasteiger charge is 2.17. The highest BCUT2D eigenvalue weighted by Crippen LogP contribution is 2.26. The first kappa shape index (κ1) is 10.1. The summed E-state index contributed by atoms with van der Waals surface area (Å²) in [5, 5.41) is 18.0. The van der Waals surface area contributed by atoms with Crippen LogP contribution in [0.4, 0.5) is 0 Å². The fourth-order valence-corrected chi connectivity index (χ4v) is 1.91. The van der Waals surface area contributed by atoms with Crippen LogP contribution in [0.2, 0.25) is 0 Å². The predicted molar refractivity (Wildman–Crippen MR) is 56.4 cm³/mol. The number of halogens is 1. The molecule has 0 saturated carbocycles. The smallest absolute Gasteiger partial charge is 0.337 e. The maximum atomic E-state index is 10.6. The van der Waals surface area contributed by atoms with Crippen molar-refractivity contribution in [3.05, 3.63) is 28.5 Å². The number of H-pyrrole nitrogens is 1. The normalized spacial score (nSPS) is 12.9. The summed E-state index contributed by atoms with van der Waals surface area (Å²) in [5.74, 6) is -1.28. The summed E-state index contributed by atoms with van der Waals surface area (Å²) in [6.45, 7) is 0. The van der Waals surface area contributed by atoms with Gasteiger partial charge in [-0.25, -0.2) is 9.78 Å². The Morgan fingerprint density at radius 3 is 2.93 bits per heavy atom. The Bertz CT molecular complexity index is 523. The molecule has 1 aromatic heterocycles. The number of imidazole rings is 1. The number of aromatic nitrogens is 2. The van der Waals surface area contributed by atoms with Gasteiger partial charge < -0.3 is 15.2 Å². The van der Waals surface area contributed by atoms with Gasteiger partial charge in [-0.1, -0.05) is 0 Å². The molecule has 5 nitrogen and oxygen atoms in total. The number of hydrogen-bond acceptors (Lipinski definition) is 3. The molecule has 0 aliphatic carbocycles. The second-order valence-corrected chi connectivity index (χ2v) is 3.90. The van der Waals surface area contributed by atoms with Crippen LogP contribution in [0.15, 0.2) is 22.9 Å². The Kier molecular flexibility index (Phi) is 2.45. The minimum atomic E-state index is -1.52. The van der Waals surface area contributed by atoms with Gasteiger partial charge in [-0.15, -0.1) is 0 Å². The molecule has 0 aliphatic rings. The van der Waals surface area contributed by atoms with Crippen molar-refractivity contribution < 1.29 is 15.0 Å². The Hall–Kier alpha value is -1.40. The van der Waals surface area contributed by atoms with Crippen molar-refractivity contribution in [2.24, 2.45) is 0 Å². The third kappa shape index (κ3) is 1.73. The van der Waals surface area contributed by atoms with Gasteiger partial charge in [0.05, 0.1) is 11.8 Å². The molecule has 0 bridgehead atoms. The van der Waals surface area contributed by atoms with Crippen LogP contribution < -0.4 is 0 Å². The molecule has 1 heterocycles. The van der Waals surface area contributed by atoms with Crippen molar-refractivity contribution in [3.63, 3.8) is 0 Å². The third-order valence-electron chi connectivity index (χ3n) is 2.05. The molecular weight excluding hydrogens is 264 g/mol. The number of aliphatic carboxylic acids is 1. The molecule has 2 rings (SSSR count). The maximum absolute atomic E-state index is 10.6. The number of carboxylic acids is 1. The molecule has 1 unspecified atom stereocenters. The maximum Gasteiger partial charge on any atom is 0.337 e. The van der Waals surface area contributed by atoms with Gasteiger partial charge in [-0.2, -0.15) is 0 Å². The lowest BCUT2D eigenvalue weighted by Gasteiger charge is -2.06. The lowest BCUT2D eigenvalue weighted by Crippen LogP contribution is -2.10. The number of aromatic amines is 1. The van der Waals surface area contributed by atoms with Crippen LogP contribution in [0, 0.1) is 0 Å². The molecule has 2 aromatic rings. The van der Waals surface area contributed by atoms with E-state index in [0.717, 1.165) is 0 Å². The number of hydrogen-bond donors (Lipinski definition) is 3. The summed E-state index contributed by atoms with van der Waals surface area (Å²) >= 11 is 3.26. The van der Waals surface area contributed by atoms with E-state index in [1.54, 1.807) is 12.1 Å². The van der Waals surface area contributed by atoms with Gasteiger partial charge in [0.2, 0.25) is 0 Å². The van der Waals surface area contributed by atoms with Crippen LogP contribution >= 0.6 is 15.9 Å². The summed E-state index contributed by atoms with van der Waals surface area (Å²) in [5.41, 5.74) is 1.70. The van der Waals surface area contributed by atoms with E-state index >= 15 is 0 Å². The monoisotopic (exact) mass is 270 g/mol. The fourth-order valence-electron chi connectivity index (χ4n) is 1.33. The summed E-state index contributed by atoms with van der Waals surface area (Å²) in [4.78, 5) is 17.5. The minimum absolute atomic E-state index is 0.311. The molecule has 6 heteroatoms. The Morgan fingerprint density at radius 1 is 1.53 bits per heavy atom. The number of carbonyl (C=O) groups is 1. The largest absolute Gasteiger partial charge is 0.479 e. The van der Waals surface area contributed by atoms with Crippen molar-refractivity contribution in [1.29, 1.82) is 0 Å². The number of aliphatic hydroxyl groups is 1. The lowest BCUT2D eigenvalue weighted by molar-refractivity contribution is -0.146. The van der Waals surface area contributed by atoms with Gasteiger partial charge in [0.15, 0.2) is 6.10 Å². The molecule has 1 aromatic carbocycles. The third-order valence-corrected chi connectivity index (χ3v) is 2.65. The van der Waals surface area contributed by atoms with Crippen LogP contribution in [-0.4, -0.2) is 26.2 Å². The quantitative estimate of drug-likeness (QED) is 0.771. The van der Waals surface area contributed by atoms with Gasteiger partial charge in [-0.3, -0.25) is 0 Å². The lowest BCUT2D eigenvalue weighted by atomic mass is 10.1. The average Bonchev–Trinajstić information content (AvgIpc) is 2.64. The summed E-state index contributed by atoms with van der Waals surface area (Å²) in [7, 11) is 0. The molecular formula is C9H7BrN2O3. The van der Waals surface area contributed by atoms with Crippen molar-refractivity contribution in [3.8, 4) is 0 Å². The number of benzene rings is 1. The van der Waals surface area contributed by atoms with E-state index in [1.807, 2.05) is 0 Å². The molecule has 0 saturated heterocycles. The molecule has 15 heavy (non-hydrogen) atoms. The second kappa shape index (κ2) is 3.63. The van der Waals surface area contributed by atoms with Crippen molar-refractivity contribution >= 4 is 32.9 Å². The number of nitrogens with zero attached hydrogens (tertiary/aromatic N) is 1. The van der Waals surface area contributed by atoms with E-state index in [1.165, 1.54) is 6.33 Å². The van der Waals surface area contributed by atoms with Gasteiger partial charge >= 0.3 is 5.97 Å². The molecule has 0 aliphatic heterocycles. The zero-order valence-electron chi connectivity index (χ0n) is 7.44. The average molecular weight is 271 g/mol. The molecule has 0 radical (unpaired) electrons. The number of carboxylic acid groups (broad SMARTS) is 1. The Morgan fingerprint density at radius 2 is 2.27 bits per heavy atom. The van der Waals surface area contributed by atoms with Gasteiger partial charge in [0, 0.05) is 4.47 Å². The first-order valence-electron chi connectivity index (χ1n) is 4.13. The first-order valence-corrected chi connectivity index (χ1v) is 4.92. The SMILES string of the molecule is O=C(O)C(O)c1cc(Br)c2nc[nH]c2c1. The number of rotatable bonds is 2. The first-order chi connectivity index (χ1) is 7.09. The molecule has 0 amide bonds. The highest BCUT2D eigenvalue weighted by atomic mass is 79.9. The van der Waals surface area contributed by atoms with E-state index < -0.39 is 12.1 Å². The summed E-state index contributed by atoms with van der Waals surface area (Å²) in [6.07, 6.45) is -0.0131. The van der Waals surface area contributed by atoms with E-state index in [0.29, 0.717) is 21.1 Å². The number of fused-ring (bicyclic) bond motifs is 1. The minimum Gasteiger partial charge on any atom is -0.479 e. The second-order valence-electron chi connectivity index (χ2n) is 3.04. The van der Waals surface area contributed by atoms with Gasteiger partial charge in [0.1, 0.15) is 5.52 Å². The van der Waals surface area contributed by atoms with Gasteiger partial charge in [-0.05, 0) is 33.6 Å². The zero-order valence-corrected chi connectivity index (χ0v) is 9.02. The Labute approximate surface area is 92.9 Å². The van der Waals surface area contributed by atoms with Crippen LogP contribution in [0.1, 0.15) is 11.7 Å². The number of aliphatic hydroxyl groups excluding tert-OH is 1. The molecule has 1 atom stereocenters. The van der Waals surface area contributed by atoms with Crippen molar-refractivity contribution in [2.45, 2.75) is 6.10 Å². The summed E-state index contributed by atoms with van der Waals surface area (Å²) in [6, 6.07) is 3.10. The van der Waals surface area contributed by atoms with Gasteiger partial charge in [0.25, 0.3) is 0 Å². The van der Waals surface area contributed by atoms with E-state index in [-0.39, 0.29) is 0 Å². The van der Waals surface area contributed by atoms with Crippen LogP contribution in [-0.2, 0) is 4.79 Å². The molecule has 78 valence electrons. The van der Waals surface area contributed by atoms with Crippen LogP contribution in [0.3, 0.4) is 0 Å². The van der Waals surface area contributed by atoms with E-state index in [9.17, 15) is 9.90 Å². The zero-order chi connectivity index (χ0) is 11.0. The van der Waals surface area contributed by atoms with E-state index in [4.69, 9.17) is 5.11 Å². The molecule has 3 N–H and O–H groups in total. The van der Waals surface area contributed by atoms with Crippen LogP contribution in [0.5, 0.6) is 0 Å². The fraction of sp³-hybridized carbons (Fsp3) is 0.111. The summed E-state index contributed by atoms with van der Waals surface area (Å²) < 4.78 is 0.650.